The van der Waals surface area contributed by atoms with E-state index in [2.05, 4.69) is 6.92 Å². The second kappa shape index (κ2) is 13.4. The number of carbonyl (C=O) groups excluding carboxylic acids is 1. The summed E-state index contributed by atoms with van der Waals surface area (Å²) in [5.74, 6) is 0.715. The highest BCUT2D eigenvalue weighted by molar-refractivity contribution is 6.34. The molecule has 1 unspecified atom stereocenters. The highest BCUT2D eigenvalue weighted by atomic mass is 35.5. The molecule has 1 aromatic heterocycles. The van der Waals surface area contributed by atoms with Crippen LogP contribution in [0.1, 0.15) is 68.7 Å². The van der Waals surface area contributed by atoms with Crippen molar-refractivity contribution in [3.8, 4) is 11.4 Å². The third kappa shape index (κ3) is 6.41. The maximum absolute atomic E-state index is 14.1. The number of aromatic nitrogens is 2. The lowest BCUT2D eigenvalue weighted by molar-refractivity contribution is -0.384. The standard InChI is InChI=1S/C31H33ClN4O5/c1-4-7-10-19-34(30(37)24-18-15-22(36(39)40)20-26(24)32)28(5-2)29-33-27-12-9-8-11-25(27)31(38)35(29)21-13-16-23(17-14-21)41-6-3/h8-9,11-18,20,28H,4-7,10,19H2,1-3H3. The van der Waals surface area contributed by atoms with E-state index in [1.54, 1.807) is 51.9 Å². The number of para-hydroxylation sites is 1. The van der Waals surface area contributed by atoms with Gasteiger partial charge in [-0.05, 0) is 62.2 Å². The van der Waals surface area contributed by atoms with Crippen LogP contribution in [0.4, 0.5) is 5.69 Å². The maximum atomic E-state index is 14.1. The third-order valence-corrected chi connectivity index (χ3v) is 7.24. The van der Waals surface area contributed by atoms with Crippen LogP contribution >= 0.6 is 11.6 Å². The molecule has 1 heterocycles. The molecule has 214 valence electrons. The maximum Gasteiger partial charge on any atom is 0.270 e. The molecule has 0 aliphatic rings. The lowest BCUT2D eigenvalue weighted by Crippen LogP contribution is -2.39. The Hall–Kier alpha value is -4.24. The molecule has 0 saturated carbocycles. The molecule has 0 saturated heterocycles. The molecular formula is C31H33ClN4O5. The van der Waals surface area contributed by atoms with Gasteiger partial charge in [-0.3, -0.25) is 24.3 Å². The second-order valence-corrected chi connectivity index (χ2v) is 10.0. The second-order valence-electron chi connectivity index (χ2n) is 9.61. The van der Waals surface area contributed by atoms with Crippen molar-refractivity contribution in [3.63, 3.8) is 0 Å². The van der Waals surface area contributed by atoms with Gasteiger partial charge in [0.1, 0.15) is 11.6 Å². The van der Waals surface area contributed by atoms with Crippen molar-refractivity contribution in [2.24, 2.45) is 0 Å². The number of non-ortho nitro benzene ring substituents is 1. The number of fused-ring (bicyclic) bond motifs is 1. The van der Waals surface area contributed by atoms with Gasteiger partial charge in [0, 0.05) is 18.7 Å². The van der Waals surface area contributed by atoms with E-state index in [-0.39, 0.29) is 27.7 Å². The van der Waals surface area contributed by atoms with Gasteiger partial charge in [0.25, 0.3) is 17.2 Å². The van der Waals surface area contributed by atoms with E-state index in [1.165, 1.54) is 18.2 Å². The van der Waals surface area contributed by atoms with Gasteiger partial charge in [-0.25, -0.2) is 4.98 Å². The van der Waals surface area contributed by atoms with Crippen molar-refractivity contribution in [3.05, 3.63) is 104 Å². The molecule has 0 spiro atoms. The fraction of sp³-hybridized carbons (Fsp3) is 0.323. The van der Waals surface area contributed by atoms with Crippen LogP contribution in [0, 0.1) is 10.1 Å². The predicted octanol–water partition coefficient (Wildman–Crippen LogP) is 7.13. The smallest absolute Gasteiger partial charge is 0.270 e. The van der Waals surface area contributed by atoms with E-state index in [0.717, 1.165) is 19.3 Å². The van der Waals surface area contributed by atoms with E-state index in [4.69, 9.17) is 21.3 Å². The van der Waals surface area contributed by atoms with E-state index in [9.17, 15) is 19.7 Å². The van der Waals surface area contributed by atoms with Gasteiger partial charge in [-0.1, -0.05) is 50.4 Å². The zero-order valence-electron chi connectivity index (χ0n) is 23.4. The van der Waals surface area contributed by atoms with Gasteiger partial charge in [0.05, 0.1) is 44.7 Å². The minimum Gasteiger partial charge on any atom is -0.494 e. The van der Waals surface area contributed by atoms with Crippen LogP contribution in [0.15, 0.2) is 71.5 Å². The number of nitrogens with zero attached hydrogens (tertiary/aromatic N) is 4. The number of benzene rings is 3. The summed E-state index contributed by atoms with van der Waals surface area (Å²) in [5.41, 5.74) is 0.837. The number of unbranched alkanes of at least 4 members (excludes halogenated alkanes) is 2. The Morgan fingerprint density at radius 3 is 2.44 bits per heavy atom. The van der Waals surface area contributed by atoms with E-state index in [1.807, 2.05) is 19.9 Å². The molecule has 1 amide bonds. The average Bonchev–Trinajstić information content (AvgIpc) is 2.97. The molecular weight excluding hydrogens is 544 g/mol. The summed E-state index contributed by atoms with van der Waals surface area (Å²) in [6.45, 7) is 6.82. The highest BCUT2D eigenvalue weighted by Gasteiger charge is 2.31. The van der Waals surface area contributed by atoms with Crippen LogP contribution in [-0.4, -0.2) is 38.4 Å². The largest absolute Gasteiger partial charge is 0.494 e. The first kappa shape index (κ1) is 29.7. The summed E-state index contributed by atoms with van der Waals surface area (Å²) in [5, 5.41) is 11.7. The Balaban J connectivity index is 1.90. The Bertz CT molecular complexity index is 1600. The molecule has 0 bridgehead atoms. The van der Waals surface area contributed by atoms with Crippen molar-refractivity contribution in [2.45, 2.75) is 52.5 Å². The van der Waals surface area contributed by atoms with Crippen molar-refractivity contribution < 1.29 is 14.5 Å². The van der Waals surface area contributed by atoms with Crippen LogP contribution < -0.4 is 10.3 Å². The van der Waals surface area contributed by atoms with Crippen LogP contribution in [0.2, 0.25) is 5.02 Å². The van der Waals surface area contributed by atoms with Crippen LogP contribution in [0.5, 0.6) is 5.75 Å². The van der Waals surface area contributed by atoms with Crippen molar-refractivity contribution in [1.29, 1.82) is 0 Å². The van der Waals surface area contributed by atoms with Gasteiger partial charge in [0.2, 0.25) is 0 Å². The molecule has 0 fully saturated rings. The minimum absolute atomic E-state index is 0.00471. The number of rotatable bonds is 12. The number of carbonyl (C=O) groups is 1. The summed E-state index contributed by atoms with van der Waals surface area (Å²) in [6, 6.07) is 17.6. The zero-order chi connectivity index (χ0) is 29.5. The normalized spacial score (nSPS) is 11.8. The first-order chi connectivity index (χ1) is 19.8. The monoisotopic (exact) mass is 576 g/mol. The molecule has 9 nitrogen and oxygen atoms in total. The molecule has 0 N–H and O–H groups in total. The molecule has 10 heteroatoms. The molecule has 1 atom stereocenters. The molecule has 3 aromatic carbocycles. The first-order valence-corrected chi connectivity index (χ1v) is 14.2. The van der Waals surface area contributed by atoms with E-state index >= 15 is 0 Å². The number of nitro benzene ring substituents is 1. The minimum atomic E-state index is -0.588. The van der Waals surface area contributed by atoms with Crippen molar-refractivity contribution in [1.82, 2.24) is 14.5 Å². The van der Waals surface area contributed by atoms with Crippen LogP contribution in [0.25, 0.3) is 16.6 Å². The van der Waals surface area contributed by atoms with Gasteiger partial charge in [-0.15, -0.1) is 0 Å². The van der Waals surface area contributed by atoms with Crippen LogP contribution in [-0.2, 0) is 0 Å². The van der Waals surface area contributed by atoms with Crippen molar-refractivity contribution in [2.75, 3.05) is 13.2 Å². The summed E-state index contributed by atoms with van der Waals surface area (Å²) in [4.78, 5) is 45.4. The zero-order valence-corrected chi connectivity index (χ0v) is 24.1. The summed E-state index contributed by atoms with van der Waals surface area (Å²) in [7, 11) is 0. The Morgan fingerprint density at radius 2 is 1.80 bits per heavy atom. The Kier molecular flexibility index (Phi) is 9.73. The molecule has 4 aromatic rings. The number of ether oxygens (including phenoxy) is 1. The number of hydrogen-bond acceptors (Lipinski definition) is 6. The topological polar surface area (TPSA) is 108 Å². The van der Waals surface area contributed by atoms with Crippen LogP contribution in [0.3, 0.4) is 0 Å². The Labute approximate surface area is 243 Å². The Morgan fingerprint density at radius 1 is 1.07 bits per heavy atom. The van der Waals surface area contributed by atoms with E-state index < -0.39 is 11.0 Å². The molecule has 41 heavy (non-hydrogen) atoms. The number of amides is 1. The first-order valence-electron chi connectivity index (χ1n) is 13.8. The van der Waals surface area contributed by atoms with Crippen molar-refractivity contribution >= 4 is 34.1 Å². The van der Waals surface area contributed by atoms with Gasteiger partial charge < -0.3 is 9.64 Å². The summed E-state index contributed by atoms with van der Waals surface area (Å²) < 4.78 is 7.15. The lowest BCUT2D eigenvalue weighted by Gasteiger charge is -2.33. The predicted molar refractivity (Wildman–Crippen MR) is 160 cm³/mol. The number of hydrogen-bond donors (Lipinski definition) is 0. The average molecular weight is 577 g/mol. The number of nitro groups is 1. The SMILES string of the molecule is CCCCCN(C(=O)c1ccc([N+](=O)[O-])cc1Cl)C(CC)c1nc2ccccc2c(=O)n1-c1ccc(OCC)cc1. The summed E-state index contributed by atoms with van der Waals surface area (Å²) >= 11 is 6.40. The highest BCUT2D eigenvalue weighted by Crippen LogP contribution is 2.31. The fourth-order valence-corrected chi connectivity index (χ4v) is 5.16. The number of halogens is 1. The van der Waals surface area contributed by atoms with E-state index in [0.29, 0.717) is 47.7 Å². The quantitative estimate of drug-likeness (QED) is 0.101. The molecule has 4 rings (SSSR count). The molecule has 0 aliphatic carbocycles. The molecule has 0 aliphatic heterocycles. The summed E-state index contributed by atoms with van der Waals surface area (Å²) in [6.07, 6.45) is 3.03. The lowest BCUT2D eigenvalue weighted by atomic mass is 10.1. The van der Waals surface area contributed by atoms with Gasteiger partial charge >= 0.3 is 0 Å². The fourth-order valence-electron chi connectivity index (χ4n) is 4.90. The van der Waals surface area contributed by atoms with Gasteiger partial charge in [0.15, 0.2) is 0 Å². The van der Waals surface area contributed by atoms with Gasteiger partial charge in [-0.2, -0.15) is 0 Å². The molecule has 0 radical (unpaired) electrons. The third-order valence-electron chi connectivity index (χ3n) is 6.93.